The van der Waals surface area contributed by atoms with E-state index in [0.29, 0.717) is 0 Å². The minimum absolute atomic E-state index is 0.0715. The molecule has 0 aromatic carbocycles. The minimum atomic E-state index is -3.82. The van der Waals surface area contributed by atoms with E-state index in [9.17, 15) is 8.42 Å². The summed E-state index contributed by atoms with van der Waals surface area (Å²) in [6.07, 6.45) is 5.36. The Hall–Kier alpha value is -0.260. The maximum Gasteiger partial charge on any atom is 0.279 e. The van der Waals surface area contributed by atoms with Crippen molar-refractivity contribution in [1.82, 2.24) is 9.78 Å². The van der Waals surface area contributed by atoms with Crippen LogP contribution in [0, 0.1) is 0 Å². The number of aromatic nitrogens is 2. The van der Waals surface area contributed by atoms with Crippen molar-refractivity contribution in [3.63, 3.8) is 0 Å². The van der Waals surface area contributed by atoms with E-state index in [0.717, 1.165) is 25.7 Å². The molecule has 15 heavy (non-hydrogen) atoms. The van der Waals surface area contributed by atoms with Crippen LogP contribution in [0.15, 0.2) is 11.2 Å². The third-order valence-corrected chi connectivity index (χ3v) is 4.31. The monoisotopic (exact) mass is 268 g/mol. The van der Waals surface area contributed by atoms with E-state index in [4.69, 9.17) is 22.3 Å². The molecule has 0 atom stereocenters. The highest BCUT2D eigenvalue weighted by Crippen LogP contribution is 2.34. The molecule has 84 valence electrons. The Morgan fingerprint density at radius 1 is 1.40 bits per heavy atom. The standard InChI is InChI=1S/C8H10Cl2N2O2S/c9-7-5-11-12(6-3-1-2-4-6)8(7)15(10,13)14/h5-6H,1-4H2. The highest BCUT2D eigenvalue weighted by atomic mass is 35.7. The first-order valence-electron chi connectivity index (χ1n) is 4.68. The Labute approximate surface area is 97.6 Å². The van der Waals surface area contributed by atoms with Crippen LogP contribution in [0.5, 0.6) is 0 Å². The second-order valence-electron chi connectivity index (χ2n) is 3.62. The number of halogens is 2. The van der Waals surface area contributed by atoms with E-state index in [-0.39, 0.29) is 16.1 Å². The zero-order valence-corrected chi connectivity index (χ0v) is 10.2. The lowest BCUT2D eigenvalue weighted by molar-refractivity contribution is 0.429. The van der Waals surface area contributed by atoms with Gasteiger partial charge in [-0.15, -0.1) is 0 Å². The molecule has 1 aromatic heterocycles. The van der Waals surface area contributed by atoms with Gasteiger partial charge in [0.25, 0.3) is 9.05 Å². The first kappa shape index (κ1) is 11.2. The van der Waals surface area contributed by atoms with E-state index in [2.05, 4.69) is 5.10 Å². The molecular weight excluding hydrogens is 259 g/mol. The molecule has 0 N–H and O–H groups in total. The third-order valence-electron chi connectivity index (χ3n) is 2.61. The molecule has 1 fully saturated rings. The average molecular weight is 269 g/mol. The van der Waals surface area contributed by atoms with Gasteiger partial charge in [-0.2, -0.15) is 5.10 Å². The van der Waals surface area contributed by atoms with Crippen LogP contribution in [-0.2, 0) is 9.05 Å². The SMILES string of the molecule is O=S(=O)(Cl)c1c(Cl)cnn1C1CCCC1. The Morgan fingerprint density at radius 2 is 2.00 bits per heavy atom. The zero-order valence-electron chi connectivity index (χ0n) is 7.86. The van der Waals surface area contributed by atoms with Crippen LogP contribution in [0.4, 0.5) is 0 Å². The Morgan fingerprint density at radius 3 is 2.53 bits per heavy atom. The largest absolute Gasteiger partial charge is 0.279 e. The highest BCUT2D eigenvalue weighted by Gasteiger charge is 2.27. The summed E-state index contributed by atoms with van der Waals surface area (Å²) in [6, 6.07) is 0.112. The lowest BCUT2D eigenvalue weighted by Gasteiger charge is -2.12. The Bertz CT molecular complexity index is 463. The van der Waals surface area contributed by atoms with Gasteiger partial charge in [0.1, 0.15) is 0 Å². The van der Waals surface area contributed by atoms with Gasteiger partial charge < -0.3 is 0 Å². The molecule has 1 aliphatic carbocycles. The summed E-state index contributed by atoms with van der Waals surface area (Å²) >= 11 is 5.76. The topological polar surface area (TPSA) is 52.0 Å². The number of hydrogen-bond donors (Lipinski definition) is 0. The van der Waals surface area contributed by atoms with Gasteiger partial charge in [-0.3, -0.25) is 0 Å². The second kappa shape index (κ2) is 3.96. The van der Waals surface area contributed by atoms with Gasteiger partial charge in [0.2, 0.25) is 0 Å². The average Bonchev–Trinajstić information content (AvgIpc) is 2.68. The Kier molecular flexibility index (Phi) is 2.96. The van der Waals surface area contributed by atoms with E-state index >= 15 is 0 Å². The smallest absolute Gasteiger partial charge is 0.249 e. The maximum absolute atomic E-state index is 11.3. The quantitative estimate of drug-likeness (QED) is 0.775. The first-order valence-corrected chi connectivity index (χ1v) is 7.36. The fraction of sp³-hybridized carbons (Fsp3) is 0.625. The molecule has 7 heteroatoms. The summed E-state index contributed by atoms with van der Waals surface area (Å²) in [7, 11) is 1.50. The lowest BCUT2D eigenvalue weighted by Crippen LogP contribution is -2.12. The predicted molar refractivity (Wildman–Crippen MR) is 57.8 cm³/mol. The van der Waals surface area contributed by atoms with Crippen LogP contribution in [0.25, 0.3) is 0 Å². The van der Waals surface area contributed by atoms with Crippen molar-refractivity contribution in [3.05, 3.63) is 11.2 Å². The molecule has 4 nitrogen and oxygen atoms in total. The predicted octanol–water partition coefficient (Wildman–Crippen LogP) is 2.58. The van der Waals surface area contributed by atoms with Crippen molar-refractivity contribution >= 4 is 31.3 Å². The molecule has 0 amide bonds. The van der Waals surface area contributed by atoms with Crippen molar-refractivity contribution < 1.29 is 8.42 Å². The molecule has 0 saturated heterocycles. The van der Waals surface area contributed by atoms with Crippen LogP contribution >= 0.6 is 22.3 Å². The summed E-state index contributed by atoms with van der Waals surface area (Å²) in [6.45, 7) is 0. The molecule has 2 rings (SSSR count). The molecule has 0 unspecified atom stereocenters. The van der Waals surface area contributed by atoms with Gasteiger partial charge in [-0.1, -0.05) is 24.4 Å². The highest BCUT2D eigenvalue weighted by molar-refractivity contribution is 8.13. The molecule has 1 saturated carbocycles. The summed E-state index contributed by atoms with van der Waals surface area (Å²) < 4.78 is 24.1. The van der Waals surface area contributed by atoms with Gasteiger partial charge in [-0.05, 0) is 12.8 Å². The maximum atomic E-state index is 11.3. The van der Waals surface area contributed by atoms with Crippen LogP contribution in [0.2, 0.25) is 5.02 Å². The number of rotatable bonds is 2. The summed E-state index contributed by atoms with van der Waals surface area (Å²) in [4.78, 5) is 0. The van der Waals surface area contributed by atoms with Crippen LogP contribution in [-0.4, -0.2) is 18.2 Å². The number of nitrogens with zero attached hydrogens (tertiary/aromatic N) is 2. The molecule has 0 bridgehead atoms. The molecule has 1 aromatic rings. The van der Waals surface area contributed by atoms with E-state index in [1.54, 1.807) is 0 Å². The molecule has 0 spiro atoms. The summed E-state index contributed by atoms with van der Waals surface area (Å²) in [5.41, 5.74) is 0. The molecule has 0 radical (unpaired) electrons. The minimum Gasteiger partial charge on any atom is -0.249 e. The zero-order chi connectivity index (χ0) is 11.1. The van der Waals surface area contributed by atoms with Gasteiger partial charge in [0.05, 0.1) is 17.3 Å². The van der Waals surface area contributed by atoms with Crippen molar-refractivity contribution in [2.75, 3.05) is 0 Å². The second-order valence-corrected chi connectivity index (χ2v) is 6.51. The molecular formula is C8H10Cl2N2O2S. The van der Waals surface area contributed by atoms with Crippen molar-refractivity contribution in [3.8, 4) is 0 Å². The van der Waals surface area contributed by atoms with Crippen molar-refractivity contribution in [1.29, 1.82) is 0 Å². The molecule has 1 aliphatic rings. The van der Waals surface area contributed by atoms with Gasteiger partial charge in [-0.25, -0.2) is 13.1 Å². The fourth-order valence-corrected chi connectivity index (χ4v) is 3.69. The van der Waals surface area contributed by atoms with E-state index in [1.165, 1.54) is 10.9 Å². The van der Waals surface area contributed by atoms with Crippen LogP contribution < -0.4 is 0 Å². The Balaban J connectivity index is 2.48. The van der Waals surface area contributed by atoms with Crippen molar-refractivity contribution in [2.45, 2.75) is 36.8 Å². The van der Waals surface area contributed by atoms with Crippen LogP contribution in [0.3, 0.4) is 0 Å². The normalized spacial score (nSPS) is 18.5. The summed E-state index contributed by atoms with van der Waals surface area (Å²) in [5.74, 6) is 0. The van der Waals surface area contributed by atoms with Crippen LogP contribution in [0.1, 0.15) is 31.7 Å². The number of hydrogen-bond acceptors (Lipinski definition) is 3. The van der Waals surface area contributed by atoms with E-state index in [1.807, 2.05) is 0 Å². The van der Waals surface area contributed by atoms with Crippen molar-refractivity contribution in [2.24, 2.45) is 0 Å². The van der Waals surface area contributed by atoms with Gasteiger partial charge in [0.15, 0.2) is 5.03 Å². The fourth-order valence-electron chi connectivity index (χ4n) is 1.97. The third kappa shape index (κ3) is 2.14. The first-order chi connectivity index (χ1) is 7.00. The summed E-state index contributed by atoms with van der Waals surface area (Å²) in [5, 5.41) is 4.01. The van der Waals surface area contributed by atoms with E-state index < -0.39 is 9.05 Å². The van der Waals surface area contributed by atoms with Gasteiger partial charge >= 0.3 is 0 Å². The van der Waals surface area contributed by atoms with Gasteiger partial charge in [0, 0.05) is 10.7 Å². The lowest BCUT2D eigenvalue weighted by atomic mass is 10.3. The molecule has 0 aliphatic heterocycles. The molecule has 1 heterocycles.